The van der Waals surface area contributed by atoms with Crippen LogP contribution in [0.4, 0.5) is 10.5 Å². The van der Waals surface area contributed by atoms with E-state index in [9.17, 15) is 9.59 Å². The smallest absolute Gasteiger partial charge is 0.409 e. The zero-order valence-electron chi connectivity index (χ0n) is 20.6. The minimum atomic E-state index is -0.295. The number of amides is 2. The minimum Gasteiger partial charge on any atom is -0.450 e. The van der Waals surface area contributed by atoms with Gasteiger partial charge in [0.15, 0.2) is 0 Å². The van der Waals surface area contributed by atoms with E-state index in [1.807, 2.05) is 17.0 Å². The lowest BCUT2D eigenvalue weighted by molar-refractivity contribution is 0.0570. The first-order valence-electron chi connectivity index (χ1n) is 13.0. The van der Waals surface area contributed by atoms with Crippen molar-refractivity contribution in [3.05, 3.63) is 65.2 Å². The second kappa shape index (κ2) is 10.7. The maximum atomic E-state index is 12.9. The van der Waals surface area contributed by atoms with Crippen molar-refractivity contribution in [3.8, 4) is 0 Å². The van der Waals surface area contributed by atoms with Crippen molar-refractivity contribution >= 4 is 17.7 Å². The molecule has 3 aliphatic rings. The van der Waals surface area contributed by atoms with Crippen LogP contribution in [-0.2, 0) is 17.6 Å². The van der Waals surface area contributed by atoms with Gasteiger partial charge in [0, 0.05) is 62.6 Å². The molecule has 0 aromatic heterocycles. The van der Waals surface area contributed by atoms with Crippen LogP contribution in [0.5, 0.6) is 0 Å². The predicted octanol–water partition coefficient (Wildman–Crippen LogP) is 3.33. The Morgan fingerprint density at radius 3 is 2.03 bits per heavy atom. The number of hydrogen-bond acceptors (Lipinski definition) is 5. The van der Waals surface area contributed by atoms with Crippen molar-refractivity contribution in [1.82, 2.24) is 15.1 Å². The van der Waals surface area contributed by atoms with E-state index in [-0.39, 0.29) is 12.0 Å². The van der Waals surface area contributed by atoms with E-state index in [2.05, 4.69) is 46.6 Å². The zero-order valence-corrected chi connectivity index (χ0v) is 20.6. The van der Waals surface area contributed by atoms with E-state index in [0.717, 1.165) is 38.8 Å². The monoisotopic (exact) mass is 476 g/mol. The summed E-state index contributed by atoms with van der Waals surface area (Å²) in [6.45, 7) is 6.32. The molecule has 1 N–H and O–H groups in total. The molecular weight excluding hydrogens is 440 g/mol. The molecule has 0 spiro atoms. The normalized spacial score (nSPS) is 19.1. The summed E-state index contributed by atoms with van der Waals surface area (Å²) in [7, 11) is 0. The fourth-order valence-electron chi connectivity index (χ4n) is 5.62. The Morgan fingerprint density at radius 1 is 0.829 bits per heavy atom. The van der Waals surface area contributed by atoms with Gasteiger partial charge in [-0.25, -0.2) is 4.79 Å². The van der Waals surface area contributed by atoms with Crippen LogP contribution in [0, 0.1) is 0 Å². The third-order valence-corrected chi connectivity index (χ3v) is 7.59. The minimum absolute atomic E-state index is 0.0283. The zero-order chi connectivity index (χ0) is 24.2. The number of piperazine rings is 1. The highest BCUT2D eigenvalue weighted by atomic mass is 16.6. The largest absolute Gasteiger partial charge is 0.450 e. The molecule has 7 nitrogen and oxygen atoms in total. The molecule has 0 unspecified atom stereocenters. The summed E-state index contributed by atoms with van der Waals surface area (Å²) >= 11 is 0. The van der Waals surface area contributed by atoms with Gasteiger partial charge < -0.3 is 24.8 Å². The van der Waals surface area contributed by atoms with E-state index in [0.29, 0.717) is 50.4 Å². The van der Waals surface area contributed by atoms with Gasteiger partial charge in [0.25, 0.3) is 5.91 Å². The highest BCUT2D eigenvalue weighted by Gasteiger charge is 2.27. The second-order valence-electron chi connectivity index (χ2n) is 9.83. The summed E-state index contributed by atoms with van der Waals surface area (Å²) in [6, 6.07) is 18.0. The van der Waals surface area contributed by atoms with E-state index in [1.165, 1.54) is 16.8 Å². The number of carbonyl (C=O) groups excluding carboxylic acids is 2. The molecule has 0 atom stereocenters. The van der Waals surface area contributed by atoms with Crippen LogP contribution in [0.25, 0.3) is 0 Å². The summed E-state index contributed by atoms with van der Waals surface area (Å²) in [4.78, 5) is 30.7. The molecule has 2 saturated heterocycles. The second-order valence-corrected chi connectivity index (χ2v) is 9.83. The molecule has 1 aliphatic carbocycles. The van der Waals surface area contributed by atoms with Crippen LogP contribution in [0.15, 0.2) is 48.5 Å². The summed E-state index contributed by atoms with van der Waals surface area (Å²) in [5, 5.41) is 3.90. The summed E-state index contributed by atoms with van der Waals surface area (Å²) in [5.74, 6) is 0.0283. The standard InChI is InChI=1S/C28H36N4O3/c1-2-35-28(34)32-17-15-31(16-18-32)27(33)21-7-9-26(10-8-21)30-13-11-24(12-14-30)29-25-19-22-5-3-4-6-23(22)20-25/h3-10,24-25,29H,2,11-20H2,1H3. The van der Waals surface area contributed by atoms with Crippen LogP contribution in [0.1, 0.15) is 41.3 Å². The number of nitrogens with zero attached hydrogens (tertiary/aromatic N) is 3. The van der Waals surface area contributed by atoms with Crippen molar-refractivity contribution in [1.29, 1.82) is 0 Å². The van der Waals surface area contributed by atoms with Gasteiger partial charge in [-0.05, 0) is 68.0 Å². The fourth-order valence-corrected chi connectivity index (χ4v) is 5.62. The molecule has 0 saturated carbocycles. The molecule has 35 heavy (non-hydrogen) atoms. The van der Waals surface area contributed by atoms with Gasteiger partial charge in [0.1, 0.15) is 0 Å². The quantitative estimate of drug-likeness (QED) is 0.717. The van der Waals surface area contributed by atoms with Crippen molar-refractivity contribution < 1.29 is 14.3 Å². The lowest BCUT2D eigenvalue weighted by Gasteiger charge is -2.35. The molecule has 186 valence electrons. The average molecular weight is 477 g/mol. The Balaban J connectivity index is 1.08. The van der Waals surface area contributed by atoms with Gasteiger partial charge in [-0.2, -0.15) is 0 Å². The third-order valence-electron chi connectivity index (χ3n) is 7.59. The number of fused-ring (bicyclic) bond motifs is 1. The maximum Gasteiger partial charge on any atom is 0.409 e. The maximum absolute atomic E-state index is 12.9. The Bertz CT molecular complexity index is 1000. The number of ether oxygens (including phenoxy) is 1. The molecule has 0 radical (unpaired) electrons. The first-order valence-corrected chi connectivity index (χ1v) is 13.0. The topological polar surface area (TPSA) is 65.1 Å². The summed E-state index contributed by atoms with van der Waals surface area (Å²) < 4.78 is 5.06. The highest BCUT2D eigenvalue weighted by molar-refractivity contribution is 5.94. The van der Waals surface area contributed by atoms with E-state index < -0.39 is 0 Å². The van der Waals surface area contributed by atoms with Crippen LogP contribution in [0.3, 0.4) is 0 Å². The lowest BCUT2D eigenvalue weighted by Crippen LogP contribution is -2.50. The van der Waals surface area contributed by atoms with E-state index in [1.54, 1.807) is 11.8 Å². The third kappa shape index (κ3) is 5.45. The first-order chi connectivity index (χ1) is 17.1. The average Bonchev–Trinajstić information content (AvgIpc) is 3.31. The van der Waals surface area contributed by atoms with E-state index in [4.69, 9.17) is 4.74 Å². The molecule has 0 bridgehead atoms. The van der Waals surface area contributed by atoms with Gasteiger partial charge in [-0.15, -0.1) is 0 Å². The van der Waals surface area contributed by atoms with Crippen molar-refractivity contribution in [3.63, 3.8) is 0 Å². The van der Waals surface area contributed by atoms with Gasteiger partial charge in [0.2, 0.25) is 0 Å². The van der Waals surface area contributed by atoms with Crippen LogP contribution in [0.2, 0.25) is 0 Å². The van der Waals surface area contributed by atoms with Crippen LogP contribution < -0.4 is 10.2 Å². The number of benzene rings is 2. The molecule has 2 aliphatic heterocycles. The Morgan fingerprint density at radius 2 is 1.43 bits per heavy atom. The Kier molecular flexibility index (Phi) is 7.23. The lowest BCUT2D eigenvalue weighted by atomic mass is 10.0. The molecular formula is C28H36N4O3. The Hall–Kier alpha value is -3.06. The van der Waals surface area contributed by atoms with Gasteiger partial charge in [-0.3, -0.25) is 4.79 Å². The molecule has 2 amide bonds. The first kappa shape index (κ1) is 23.7. The number of carbonyl (C=O) groups is 2. The fraction of sp³-hybridized carbons (Fsp3) is 0.500. The molecule has 2 fully saturated rings. The molecule has 5 rings (SSSR count). The number of piperidine rings is 1. The number of nitrogens with one attached hydrogen (secondary N) is 1. The van der Waals surface area contributed by atoms with Crippen molar-refractivity contribution in [2.75, 3.05) is 50.8 Å². The van der Waals surface area contributed by atoms with Crippen molar-refractivity contribution in [2.45, 2.75) is 44.7 Å². The van der Waals surface area contributed by atoms with Crippen LogP contribution in [-0.4, -0.2) is 79.8 Å². The SMILES string of the molecule is CCOC(=O)N1CCN(C(=O)c2ccc(N3CCC(NC4Cc5ccccc5C4)CC3)cc2)CC1. The van der Waals surface area contributed by atoms with Crippen molar-refractivity contribution in [2.24, 2.45) is 0 Å². The Labute approximate surface area is 208 Å². The predicted molar refractivity (Wildman–Crippen MR) is 137 cm³/mol. The molecule has 2 aromatic rings. The number of anilines is 1. The summed E-state index contributed by atoms with van der Waals surface area (Å²) in [6.07, 6.45) is 4.26. The van der Waals surface area contributed by atoms with E-state index >= 15 is 0 Å². The van der Waals surface area contributed by atoms with Gasteiger partial charge in [-0.1, -0.05) is 24.3 Å². The number of hydrogen-bond donors (Lipinski definition) is 1. The molecule has 2 aromatic carbocycles. The van der Waals surface area contributed by atoms with Crippen LogP contribution >= 0.6 is 0 Å². The molecule has 7 heteroatoms. The number of rotatable bonds is 5. The molecule has 2 heterocycles. The summed E-state index contributed by atoms with van der Waals surface area (Å²) in [5.41, 5.74) is 4.88. The van der Waals surface area contributed by atoms with Gasteiger partial charge in [0.05, 0.1) is 6.61 Å². The van der Waals surface area contributed by atoms with Gasteiger partial charge >= 0.3 is 6.09 Å². The highest BCUT2D eigenvalue weighted by Crippen LogP contribution is 2.25.